The standard InChI is InChI=1S/C25H18Cl3NO4/c1-13-3-8-16(11-20(13)28)29-22(14-4-6-15(26)7-5-14)21(24(31)25(29)32)23(30)18-12-17(33-2)9-10-19(18)27/h3-12,22,30H,1-2H3/b23-21+. The van der Waals surface area contributed by atoms with Gasteiger partial charge in [-0.25, -0.2) is 0 Å². The third-order valence-electron chi connectivity index (χ3n) is 5.49. The van der Waals surface area contributed by atoms with Crippen molar-refractivity contribution in [2.45, 2.75) is 13.0 Å². The maximum atomic E-state index is 13.2. The molecule has 0 spiro atoms. The number of amides is 1. The minimum atomic E-state index is -0.927. The summed E-state index contributed by atoms with van der Waals surface area (Å²) >= 11 is 18.7. The summed E-state index contributed by atoms with van der Waals surface area (Å²) in [5, 5.41) is 12.4. The van der Waals surface area contributed by atoms with Gasteiger partial charge in [0, 0.05) is 21.3 Å². The number of hydrogen-bond acceptors (Lipinski definition) is 4. The molecule has 0 aliphatic carbocycles. The maximum Gasteiger partial charge on any atom is 0.300 e. The van der Waals surface area contributed by atoms with E-state index in [4.69, 9.17) is 39.5 Å². The first-order chi connectivity index (χ1) is 15.7. The fraction of sp³-hybridized carbons (Fsp3) is 0.120. The van der Waals surface area contributed by atoms with Crippen LogP contribution in [0, 0.1) is 6.92 Å². The van der Waals surface area contributed by atoms with E-state index < -0.39 is 23.5 Å². The number of carbonyl (C=O) groups is 2. The number of carbonyl (C=O) groups excluding carboxylic acids is 2. The number of hydrogen-bond donors (Lipinski definition) is 1. The lowest BCUT2D eigenvalue weighted by Crippen LogP contribution is -2.29. The van der Waals surface area contributed by atoms with Crippen LogP contribution in [0.5, 0.6) is 5.75 Å². The molecule has 8 heteroatoms. The highest BCUT2D eigenvalue weighted by molar-refractivity contribution is 6.52. The van der Waals surface area contributed by atoms with Crippen LogP contribution in [-0.2, 0) is 9.59 Å². The van der Waals surface area contributed by atoms with Gasteiger partial charge >= 0.3 is 0 Å². The molecule has 1 atom stereocenters. The lowest BCUT2D eigenvalue weighted by molar-refractivity contribution is -0.132. The van der Waals surface area contributed by atoms with Crippen molar-refractivity contribution >= 4 is 57.9 Å². The summed E-state index contributed by atoms with van der Waals surface area (Å²) in [6, 6.07) is 15.5. The van der Waals surface area contributed by atoms with Crippen LogP contribution < -0.4 is 9.64 Å². The number of aliphatic hydroxyl groups is 1. The summed E-state index contributed by atoms with van der Waals surface area (Å²) in [5.41, 5.74) is 1.90. The molecule has 1 unspecified atom stereocenters. The van der Waals surface area contributed by atoms with Crippen molar-refractivity contribution in [3.05, 3.63) is 98.0 Å². The molecular formula is C25H18Cl3NO4. The first-order valence-corrected chi connectivity index (χ1v) is 11.0. The molecule has 1 amide bonds. The van der Waals surface area contributed by atoms with Crippen LogP contribution in [0.25, 0.3) is 5.76 Å². The van der Waals surface area contributed by atoms with Crippen LogP contribution in [-0.4, -0.2) is 23.9 Å². The Labute approximate surface area is 205 Å². The van der Waals surface area contributed by atoms with E-state index in [1.807, 2.05) is 6.92 Å². The first kappa shape index (κ1) is 23.2. The lowest BCUT2D eigenvalue weighted by atomic mass is 9.95. The third-order valence-corrected chi connectivity index (χ3v) is 6.48. The molecule has 0 saturated carbocycles. The van der Waals surface area contributed by atoms with E-state index in [0.29, 0.717) is 27.0 Å². The number of methoxy groups -OCH3 is 1. The van der Waals surface area contributed by atoms with Crippen molar-refractivity contribution in [1.82, 2.24) is 0 Å². The molecule has 3 aromatic rings. The van der Waals surface area contributed by atoms with Crippen LogP contribution in [0.15, 0.2) is 66.2 Å². The number of ketones is 1. The van der Waals surface area contributed by atoms with Gasteiger partial charge in [0.1, 0.15) is 11.5 Å². The van der Waals surface area contributed by atoms with Gasteiger partial charge in [0.05, 0.1) is 23.7 Å². The van der Waals surface area contributed by atoms with E-state index in [2.05, 4.69) is 0 Å². The van der Waals surface area contributed by atoms with Crippen LogP contribution >= 0.6 is 34.8 Å². The Hall–Kier alpha value is -2.99. The highest BCUT2D eigenvalue weighted by atomic mass is 35.5. The van der Waals surface area contributed by atoms with Gasteiger partial charge in [-0.05, 0) is 60.5 Å². The molecule has 1 fully saturated rings. The summed E-state index contributed by atoms with van der Waals surface area (Å²) < 4.78 is 5.23. The Kier molecular flexibility index (Phi) is 6.39. The number of halogens is 3. The lowest BCUT2D eigenvalue weighted by Gasteiger charge is -2.26. The molecule has 1 aliphatic rings. The highest BCUT2D eigenvalue weighted by Crippen LogP contribution is 2.44. The van der Waals surface area contributed by atoms with E-state index in [-0.39, 0.29) is 16.2 Å². The van der Waals surface area contributed by atoms with Crippen molar-refractivity contribution < 1.29 is 19.4 Å². The predicted molar refractivity (Wildman–Crippen MR) is 130 cm³/mol. The second-order valence-electron chi connectivity index (χ2n) is 7.50. The first-order valence-electron chi connectivity index (χ1n) is 9.89. The van der Waals surface area contributed by atoms with Crippen LogP contribution in [0.4, 0.5) is 5.69 Å². The van der Waals surface area contributed by atoms with E-state index in [1.165, 1.54) is 18.1 Å². The number of benzene rings is 3. The Bertz CT molecular complexity index is 1300. The van der Waals surface area contributed by atoms with Crippen molar-refractivity contribution in [3.8, 4) is 5.75 Å². The fourth-order valence-corrected chi connectivity index (χ4v) is 4.26. The number of Topliss-reactive ketones (excluding diaryl/α,β-unsaturated/α-hetero) is 1. The molecule has 3 aromatic carbocycles. The SMILES string of the molecule is COc1ccc(Cl)c(/C(O)=C2\C(=O)C(=O)N(c3ccc(C)c(Cl)c3)C2c2ccc(Cl)cc2)c1. The second-order valence-corrected chi connectivity index (χ2v) is 8.75. The van der Waals surface area contributed by atoms with E-state index in [1.54, 1.807) is 54.6 Å². The summed E-state index contributed by atoms with van der Waals surface area (Å²) in [5.74, 6) is -1.61. The minimum Gasteiger partial charge on any atom is -0.507 e. The van der Waals surface area contributed by atoms with Crippen molar-refractivity contribution in [2.75, 3.05) is 12.0 Å². The minimum absolute atomic E-state index is 0.103. The second kappa shape index (κ2) is 9.10. The molecule has 4 rings (SSSR count). The summed E-state index contributed by atoms with van der Waals surface area (Å²) in [4.78, 5) is 27.8. The Morgan fingerprint density at radius 1 is 0.939 bits per heavy atom. The average molecular weight is 503 g/mol. The number of ether oxygens (including phenoxy) is 1. The molecule has 0 radical (unpaired) electrons. The molecule has 1 saturated heterocycles. The third kappa shape index (κ3) is 4.20. The normalized spacial score (nSPS) is 17.5. The van der Waals surface area contributed by atoms with Crippen LogP contribution in [0.1, 0.15) is 22.7 Å². The average Bonchev–Trinajstić information content (AvgIpc) is 3.06. The maximum absolute atomic E-state index is 13.2. The number of rotatable bonds is 4. The largest absolute Gasteiger partial charge is 0.507 e. The zero-order valence-corrected chi connectivity index (χ0v) is 19.9. The molecule has 5 nitrogen and oxygen atoms in total. The summed E-state index contributed by atoms with van der Waals surface area (Å²) in [6.45, 7) is 1.84. The topological polar surface area (TPSA) is 66.8 Å². The van der Waals surface area contributed by atoms with Gasteiger partial charge in [-0.2, -0.15) is 0 Å². The zero-order chi connectivity index (χ0) is 23.9. The Balaban J connectivity index is 1.98. The molecule has 0 bridgehead atoms. The van der Waals surface area contributed by atoms with Gasteiger partial charge in [0.2, 0.25) is 0 Å². The van der Waals surface area contributed by atoms with Crippen molar-refractivity contribution in [1.29, 1.82) is 0 Å². The van der Waals surface area contributed by atoms with E-state index in [0.717, 1.165) is 5.56 Å². The highest BCUT2D eigenvalue weighted by Gasteiger charge is 2.47. The van der Waals surface area contributed by atoms with Gasteiger partial charge in [-0.15, -0.1) is 0 Å². The molecule has 1 heterocycles. The quantitative estimate of drug-likeness (QED) is 0.248. The van der Waals surface area contributed by atoms with Gasteiger partial charge in [-0.3, -0.25) is 14.5 Å². The smallest absolute Gasteiger partial charge is 0.300 e. The molecule has 0 aromatic heterocycles. The van der Waals surface area contributed by atoms with Gasteiger partial charge in [0.15, 0.2) is 0 Å². The molecular weight excluding hydrogens is 485 g/mol. The molecule has 168 valence electrons. The van der Waals surface area contributed by atoms with Gasteiger partial charge < -0.3 is 9.84 Å². The van der Waals surface area contributed by atoms with Crippen LogP contribution in [0.2, 0.25) is 15.1 Å². The summed E-state index contributed by atoms with van der Waals surface area (Å²) in [7, 11) is 1.47. The number of aliphatic hydroxyl groups excluding tert-OH is 1. The predicted octanol–water partition coefficient (Wildman–Crippen LogP) is 6.59. The van der Waals surface area contributed by atoms with E-state index >= 15 is 0 Å². The van der Waals surface area contributed by atoms with Crippen LogP contribution in [0.3, 0.4) is 0 Å². The zero-order valence-electron chi connectivity index (χ0n) is 17.6. The Morgan fingerprint density at radius 2 is 1.64 bits per heavy atom. The van der Waals surface area contributed by atoms with Crippen molar-refractivity contribution in [2.24, 2.45) is 0 Å². The molecule has 1 N–H and O–H groups in total. The number of nitrogens with zero attached hydrogens (tertiary/aromatic N) is 1. The molecule has 33 heavy (non-hydrogen) atoms. The van der Waals surface area contributed by atoms with Gasteiger partial charge in [-0.1, -0.05) is 53.0 Å². The summed E-state index contributed by atoms with van der Waals surface area (Å²) in [6.07, 6.45) is 0. The number of anilines is 1. The monoisotopic (exact) mass is 501 g/mol. The molecule has 1 aliphatic heterocycles. The van der Waals surface area contributed by atoms with E-state index in [9.17, 15) is 14.7 Å². The fourth-order valence-electron chi connectivity index (χ4n) is 3.75. The Morgan fingerprint density at radius 3 is 2.27 bits per heavy atom. The van der Waals surface area contributed by atoms with Gasteiger partial charge in [0.25, 0.3) is 11.7 Å². The number of aryl methyl sites for hydroxylation is 1. The van der Waals surface area contributed by atoms with Crippen molar-refractivity contribution in [3.63, 3.8) is 0 Å².